The van der Waals surface area contributed by atoms with Gasteiger partial charge in [-0.3, -0.25) is 0 Å². The normalized spacial score (nSPS) is 13.2. The average molecular weight is 514 g/mol. The second kappa shape index (κ2) is 10.6. The van der Waals surface area contributed by atoms with E-state index in [0.29, 0.717) is 0 Å². The van der Waals surface area contributed by atoms with Crippen molar-refractivity contribution in [1.82, 2.24) is 0 Å². The van der Waals surface area contributed by atoms with E-state index in [2.05, 4.69) is 52.2 Å². The monoisotopic (exact) mass is 514 g/mol. The number of carbonyl (C=O) groups is 1. The van der Waals surface area contributed by atoms with Crippen LogP contribution in [0.25, 0.3) is 0 Å². The molecule has 0 aliphatic carbocycles. The molecule has 124 valence electrons. The Morgan fingerprint density at radius 1 is 1.00 bits per heavy atom. The molecule has 1 atom stereocenters. The average Bonchev–Trinajstić information content (AvgIpc) is 2.07. The molecule has 0 saturated heterocycles. The highest BCUT2D eigenvalue weighted by Gasteiger charge is 2.32. The molecule has 1 unspecified atom stereocenters. The Hall–Kier alpha value is 0.850. The van der Waals surface area contributed by atoms with Crippen LogP contribution >= 0.6 is 0 Å². The summed E-state index contributed by atoms with van der Waals surface area (Å²) in [6.07, 6.45) is -0.0528. The molecule has 0 aliphatic heterocycles. The van der Waals surface area contributed by atoms with E-state index >= 15 is 0 Å². The maximum absolute atomic E-state index is 12.1. The second-order valence-corrected chi connectivity index (χ2v) is 7.43. The highest BCUT2D eigenvalue weighted by molar-refractivity contribution is 5.74. The fourth-order valence-electron chi connectivity index (χ4n) is 1.64. The first-order valence-corrected chi connectivity index (χ1v) is 6.81. The van der Waals surface area contributed by atoms with Gasteiger partial charge in [0.2, 0.25) is 6.04 Å². The van der Waals surface area contributed by atoms with Crippen molar-refractivity contribution in [3.8, 4) is 0 Å². The summed E-state index contributed by atoms with van der Waals surface area (Å²) < 4.78 is 5.33. The Bertz CT molecular complexity index is 271. The molecular formula is C14H32I2N2O2. The van der Waals surface area contributed by atoms with Crippen LogP contribution in [0, 0.1) is 0 Å². The summed E-state index contributed by atoms with van der Waals surface area (Å²) >= 11 is 0. The standard InChI is InChI=1S/C14H30N2O2.2HI/c1-10(2)18-12(17)11(16-14(6,7)8)9-15-13(3,4)5;;/h10-11,15-16H,9H2,1-8H3;2*1H. The zero-order valence-electron chi connectivity index (χ0n) is 14.1. The molecule has 0 fully saturated rings. The summed E-state index contributed by atoms with van der Waals surface area (Å²) in [5.41, 5.74) is 0.147. The molecule has 6 heteroatoms. The van der Waals surface area contributed by atoms with E-state index in [1.807, 2.05) is 13.8 Å². The van der Waals surface area contributed by atoms with Crippen LogP contribution in [0.5, 0.6) is 0 Å². The third-order valence-electron chi connectivity index (χ3n) is 2.34. The topological polar surface area (TPSA) is 59.5 Å². The van der Waals surface area contributed by atoms with Crippen molar-refractivity contribution in [3.63, 3.8) is 0 Å². The largest absolute Gasteiger partial charge is 1.00 e. The molecule has 0 aliphatic rings. The van der Waals surface area contributed by atoms with E-state index in [4.69, 9.17) is 4.74 Å². The minimum Gasteiger partial charge on any atom is -1.00 e. The van der Waals surface area contributed by atoms with Gasteiger partial charge in [0.25, 0.3) is 0 Å². The Labute approximate surface area is 158 Å². The molecule has 4 nitrogen and oxygen atoms in total. The van der Waals surface area contributed by atoms with Gasteiger partial charge >= 0.3 is 5.97 Å². The number of ether oxygens (including phenoxy) is 1. The SMILES string of the molecule is CC(C)OC(=O)C(C[NH2+]C(C)(C)C)[NH2+]C(C)(C)C.[I-].[I-]. The molecule has 0 heterocycles. The summed E-state index contributed by atoms with van der Waals surface area (Å²) in [7, 11) is 0. The van der Waals surface area contributed by atoms with E-state index in [0.717, 1.165) is 6.54 Å². The zero-order valence-corrected chi connectivity index (χ0v) is 18.4. The van der Waals surface area contributed by atoms with Crippen molar-refractivity contribution >= 4 is 5.97 Å². The van der Waals surface area contributed by atoms with Gasteiger partial charge < -0.3 is 63.3 Å². The lowest BCUT2D eigenvalue weighted by molar-refractivity contribution is -0.795. The highest BCUT2D eigenvalue weighted by atomic mass is 127. The van der Waals surface area contributed by atoms with Gasteiger partial charge in [-0.15, -0.1) is 0 Å². The number of rotatable bonds is 5. The quantitative estimate of drug-likeness (QED) is 0.284. The first-order valence-electron chi connectivity index (χ1n) is 6.81. The minimum atomic E-state index is -0.147. The van der Waals surface area contributed by atoms with Gasteiger partial charge in [-0.25, -0.2) is 4.79 Å². The van der Waals surface area contributed by atoms with Crippen LogP contribution in [-0.4, -0.2) is 35.7 Å². The molecular weight excluding hydrogens is 482 g/mol. The molecule has 4 N–H and O–H groups in total. The molecule has 0 aromatic rings. The first kappa shape index (κ1) is 25.8. The molecule has 0 bridgehead atoms. The predicted molar refractivity (Wildman–Crippen MR) is 73.2 cm³/mol. The number of quaternary nitrogens is 2. The van der Waals surface area contributed by atoms with Crippen LogP contribution < -0.4 is 58.6 Å². The van der Waals surface area contributed by atoms with Crippen molar-refractivity contribution < 1.29 is 68.1 Å². The number of nitrogens with two attached hydrogens (primary N) is 2. The van der Waals surface area contributed by atoms with Gasteiger partial charge in [0, 0.05) is 0 Å². The van der Waals surface area contributed by atoms with Crippen LogP contribution in [0.2, 0.25) is 0 Å². The van der Waals surface area contributed by atoms with E-state index < -0.39 is 0 Å². The van der Waals surface area contributed by atoms with Crippen LogP contribution in [0.3, 0.4) is 0 Å². The zero-order chi connectivity index (χ0) is 14.6. The number of halogens is 2. The molecule has 20 heavy (non-hydrogen) atoms. The van der Waals surface area contributed by atoms with Crippen molar-refractivity contribution in [1.29, 1.82) is 0 Å². The third kappa shape index (κ3) is 15.2. The Morgan fingerprint density at radius 2 is 1.45 bits per heavy atom. The minimum absolute atomic E-state index is 0. The van der Waals surface area contributed by atoms with Gasteiger partial charge in [0.1, 0.15) is 6.54 Å². The first-order chi connectivity index (χ1) is 7.91. The van der Waals surface area contributed by atoms with E-state index in [9.17, 15) is 4.79 Å². The van der Waals surface area contributed by atoms with Crippen molar-refractivity contribution in [3.05, 3.63) is 0 Å². The number of hydrogen-bond acceptors (Lipinski definition) is 2. The number of hydrogen-bond donors (Lipinski definition) is 2. The molecule has 0 aromatic carbocycles. The fourth-order valence-corrected chi connectivity index (χ4v) is 1.64. The van der Waals surface area contributed by atoms with Gasteiger partial charge in [-0.2, -0.15) is 0 Å². The van der Waals surface area contributed by atoms with Crippen LogP contribution in [0.15, 0.2) is 0 Å². The fraction of sp³-hybridized carbons (Fsp3) is 0.929. The van der Waals surface area contributed by atoms with Crippen molar-refractivity contribution in [2.75, 3.05) is 6.54 Å². The maximum Gasteiger partial charge on any atom is 0.371 e. The predicted octanol–water partition coefficient (Wildman–Crippen LogP) is -5.96. The second-order valence-electron chi connectivity index (χ2n) is 7.43. The number of carbonyl (C=O) groups excluding carboxylic acids is 1. The summed E-state index contributed by atoms with van der Waals surface area (Å²) in [6, 6.07) is -0.147. The lowest BCUT2D eigenvalue weighted by Crippen LogP contribution is -3.08. The van der Waals surface area contributed by atoms with Gasteiger partial charge in [-0.1, -0.05) is 0 Å². The van der Waals surface area contributed by atoms with Gasteiger partial charge in [0.05, 0.1) is 17.2 Å². The lowest BCUT2D eigenvalue weighted by atomic mass is 10.1. The number of esters is 1. The van der Waals surface area contributed by atoms with Gasteiger partial charge in [-0.05, 0) is 55.4 Å². The molecule has 0 saturated carbocycles. The summed E-state index contributed by atoms with van der Waals surface area (Å²) in [4.78, 5) is 12.1. The van der Waals surface area contributed by atoms with Crippen LogP contribution in [-0.2, 0) is 9.53 Å². The maximum atomic E-state index is 12.1. The molecule has 0 spiro atoms. The molecule has 0 rings (SSSR count). The highest BCUT2D eigenvalue weighted by Crippen LogP contribution is 1.96. The van der Waals surface area contributed by atoms with Gasteiger partial charge in [0.15, 0.2) is 0 Å². The van der Waals surface area contributed by atoms with Crippen LogP contribution in [0.4, 0.5) is 0 Å². The Morgan fingerprint density at radius 3 is 1.75 bits per heavy atom. The molecule has 0 radical (unpaired) electrons. The van der Waals surface area contributed by atoms with Crippen LogP contribution in [0.1, 0.15) is 55.4 Å². The summed E-state index contributed by atoms with van der Waals surface area (Å²) in [6.45, 7) is 17.3. The lowest BCUT2D eigenvalue weighted by Gasteiger charge is -2.26. The molecule has 0 aromatic heterocycles. The van der Waals surface area contributed by atoms with Crippen molar-refractivity contribution in [2.45, 2.75) is 78.6 Å². The Kier molecular flexibility index (Phi) is 13.6. The Balaban J connectivity index is -0.00000144. The summed E-state index contributed by atoms with van der Waals surface area (Å²) in [5.74, 6) is -0.111. The third-order valence-corrected chi connectivity index (χ3v) is 2.34. The van der Waals surface area contributed by atoms with E-state index in [1.165, 1.54) is 0 Å². The summed E-state index contributed by atoms with van der Waals surface area (Å²) in [5, 5.41) is 4.29. The van der Waals surface area contributed by atoms with E-state index in [1.54, 1.807) is 0 Å². The smallest absolute Gasteiger partial charge is 0.371 e. The van der Waals surface area contributed by atoms with Crippen molar-refractivity contribution in [2.24, 2.45) is 0 Å². The van der Waals surface area contributed by atoms with E-state index in [-0.39, 0.29) is 77.1 Å². The molecule has 0 amide bonds.